The van der Waals surface area contributed by atoms with Gasteiger partial charge in [-0.05, 0) is 18.2 Å². The van der Waals surface area contributed by atoms with Crippen molar-refractivity contribution in [1.29, 1.82) is 0 Å². The van der Waals surface area contributed by atoms with Gasteiger partial charge in [-0.15, -0.1) is 0 Å². The Hall–Kier alpha value is -2.38. The van der Waals surface area contributed by atoms with E-state index < -0.39 is 0 Å². The van der Waals surface area contributed by atoms with Crippen LogP contribution in [-0.4, -0.2) is 58.3 Å². The second-order valence-electron chi connectivity index (χ2n) is 5.50. The maximum atomic E-state index is 12.4. The lowest BCUT2D eigenvalue weighted by atomic mass is 10.3. The molecule has 1 aromatic carbocycles. The molecule has 1 aliphatic rings. The predicted molar refractivity (Wildman–Crippen MR) is 95.3 cm³/mol. The van der Waals surface area contributed by atoms with Crippen molar-refractivity contribution < 1.29 is 9.59 Å². The molecule has 1 saturated heterocycles. The highest BCUT2D eigenvalue weighted by Crippen LogP contribution is 2.24. The third kappa shape index (κ3) is 4.37. The second-order valence-corrected chi connectivity index (χ2v) is 6.38. The van der Waals surface area contributed by atoms with Gasteiger partial charge in [0.05, 0.1) is 12.4 Å². The number of piperazine rings is 1. The summed E-state index contributed by atoms with van der Waals surface area (Å²) in [6.07, 6.45) is 3.69. The minimum absolute atomic E-state index is 0.199. The molecule has 0 saturated carbocycles. The van der Waals surface area contributed by atoms with E-state index in [1.807, 2.05) is 0 Å². The highest BCUT2D eigenvalue weighted by atomic mass is 35.5. The van der Waals surface area contributed by atoms with Crippen molar-refractivity contribution in [2.24, 2.45) is 0 Å². The number of nitrogens with zero attached hydrogens (tertiary/aromatic N) is 4. The van der Waals surface area contributed by atoms with E-state index in [9.17, 15) is 9.59 Å². The van der Waals surface area contributed by atoms with Crippen molar-refractivity contribution in [1.82, 2.24) is 19.8 Å². The smallest absolute Gasteiger partial charge is 0.274 e. The lowest BCUT2D eigenvalue weighted by molar-refractivity contribution is -0.119. The summed E-state index contributed by atoms with van der Waals surface area (Å²) in [7, 11) is 0. The molecule has 2 aromatic rings. The normalized spacial score (nSPS) is 14.3. The van der Waals surface area contributed by atoms with Crippen molar-refractivity contribution in [2.45, 2.75) is 0 Å². The Labute approximate surface area is 154 Å². The highest BCUT2D eigenvalue weighted by molar-refractivity contribution is 6.35. The van der Waals surface area contributed by atoms with Crippen molar-refractivity contribution >= 4 is 47.0 Å². The Kier molecular flexibility index (Phi) is 5.35. The standard InChI is InChI=1S/C16H15Cl2N5O2/c17-11-5-12(18)7-13(6-11)21-15-9-19-14(8-20-15)16(25)23-3-1-22(10-24)2-4-23/h5-10H,1-4H2,(H,20,21). The van der Waals surface area contributed by atoms with Crippen LogP contribution < -0.4 is 5.32 Å². The molecule has 9 heteroatoms. The zero-order valence-electron chi connectivity index (χ0n) is 13.2. The molecule has 7 nitrogen and oxygen atoms in total. The summed E-state index contributed by atoms with van der Waals surface area (Å²) in [5.74, 6) is 0.274. The van der Waals surface area contributed by atoms with Gasteiger partial charge < -0.3 is 15.1 Å². The van der Waals surface area contributed by atoms with Gasteiger partial charge in [-0.1, -0.05) is 23.2 Å². The van der Waals surface area contributed by atoms with Gasteiger partial charge in [0, 0.05) is 41.9 Å². The van der Waals surface area contributed by atoms with Gasteiger partial charge in [-0.25, -0.2) is 9.97 Å². The number of benzene rings is 1. The zero-order chi connectivity index (χ0) is 17.8. The van der Waals surface area contributed by atoms with Crippen LogP contribution >= 0.6 is 23.2 Å². The summed E-state index contributed by atoms with van der Waals surface area (Å²) in [5, 5.41) is 4.04. The molecule has 0 aliphatic carbocycles. The van der Waals surface area contributed by atoms with E-state index in [-0.39, 0.29) is 11.6 Å². The molecular weight excluding hydrogens is 365 g/mol. The van der Waals surface area contributed by atoms with Gasteiger partial charge in [0.15, 0.2) is 0 Å². The molecule has 0 spiro atoms. The molecule has 1 fully saturated rings. The monoisotopic (exact) mass is 379 g/mol. The topological polar surface area (TPSA) is 78.4 Å². The van der Waals surface area contributed by atoms with Crippen LogP contribution in [0.15, 0.2) is 30.6 Å². The van der Waals surface area contributed by atoms with Crippen LogP contribution in [0.2, 0.25) is 10.0 Å². The lowest BCUT2D eigenvalue weighted by Crippen LogP contribution is -2.48. The van der Waals surface area contributed by atoms with Crippen molar-refractivity contribution in [2.75, 3.05) is 31.5 Å². The van der Waals surface area contributed by atoms with Gasteiger partial charge in [0.2, 0.25) is 6.41 Å². The molecule has 2 heterocycles. The fourth-order valence-corrected chi connectivity index (χ4v) is 3.00. The molecule has 0 radical (unpaired) electrons. The summed E-state index contributed by atoms with van der Waals surface area (Å²) in [6.45, 7) is 2.02. The van der Waals surface area contributed by atoms with E-state index in [0.29, 0.717) is 47.7 Å². The van der Waals surface area contributed by atoms with Gasteiger partial charge in [-0.3, -0.25) is 9.59 Å². The molecule has 2 amide bonds. The number of aromatic nitrogens is 2. The number of nitrogens with one attached hydrogen (secondary N) is 1. The Morgan fingerprint density at radius 2 is 1.72 bits per heavy atom. The zero-order valence-corrected chi connectivity index (χ0v) is 14.7. The van der Waals surface area contributed by atoms with Crippen LogP contribution in [0.4, 0.5) is 11.5 Å². The first-order valence-corrected chi connectivity index (χ1v) is 8.34. The van der Waals surface area contributed by atoms with E-state index in [1.165, 1.54) is 12.4 Å². The third-order valence-corrected chi connectivity index (χ3v) is 4.19. The first-order valence-electron chi connectivity index (χ1n) is 7.59. The molecular formula is C16H15Cl2N5O2. The Bertz CT molecular complexity index is 756. The van der Waals surface area contributed by atoms with E-state index >= 15 is 0 Å². The number of amides is 2. The van der Waals surface area contributed by atoms with Gasteiger partial charge in [0.25, 0.3) is 5.91 Å². The number of anilines is 2. The molecule has 25 heavy (non-hydrogen) atoms. The average Bonchev–Trinajstić information content (AvgIpc) is 2.61. The molecule has 1 N–H and O–H groups in total. The number of carbonyl (C=O) groups excluding carboxylic acids is 2. The SMILES string of the molecule is O=CN1CCN(C(=O)c2cnc(Nc3cc(Cl)cc(Cl)c3)cn2)CC1. The van der Waals surface area contributed by atoms with Crippen molar-refractivity contribution in [3.63, 3.8) is 0 Å². The van der Waals surface area contributed by atoms with Crippen molar-refractivity contribution in [3.8, 4) is 0 Å². The molecule has 130 valence electrons. The van der Waals surface area contributed by atoms with E-state index in [1.54, 1.807) is 28.0 Å². The predicted octanol–water partition coefficient (Wildman–Crippen LogP) is 2.44. The number of halogens is 2. The van der Waals surface area contributed by atoms with E-state index in [0.717, 1.165) is 6.41 Å². The van der Waals surface area contributed by atoms with E-state index in [2.05, 4.69) is 15.3 Å². The number of hydrogen-bond acceptors (Lipinski definition) is 5. The summed E-state index contributed by atoms with van der Waals surface area (Å²) < 4.78 is 0. The summed E-state index contributed by atoms with van der Waals surface area (Å²) in [5.41, 5.74) is 0.935. The quantitative estimate of drug-likeness (QED) is 0.825. The van der Waals surface area contributed by atoms with Crippen LogP contribution in [-0.2, 0) is 4.79 Å². The van der Waals surface area contributed by atoms with Crippen LogP contribution in [0.3, 0.4) is 0 Å². The molecule has 1 aliphatic heterocycles. The Balaban J connectivity index is 1.65. The first kappa shape index (κ1) is 17.4. The summed E-state index contributed by atoms with van der Waals surface area (Å²) in [6, 6.07) is 5.05. The van der Waals surface area contributed by atoms with Gasteiger partial charge >= 0.3 is 0 Å². The average molecular weight is 380 g/mol. The Morgan fingerprint density at radius 1 is 1.04 bits per heavy atom. The minimum Gasteiger partial charge on any atom is -0.342 e. The van der Waals surface area contributed by atoms with Crippen LogP contribution in [0.1, 0.15) is 10.5 Å². The maximum Gasteiger partial charge on any atom is 0.274 e. The summed E-state index contributed by atoms with van der Waals surface area (Å²) >= 11 is 11.9. The van der Waals surface area contributed by atoms with Gasteiger partial charge in [-0.2, -0.15) is 0 Å². The maximum absolute atomic E-state index is 12.4. The lowest BCUT2D eigenvalue weighted by Gasteiger charge is -2.32. The number of carbonyl (C=O) groups is 2. The van der Waals surface area contributed by atoms with Crippen LogP contribution in [0, 0.1) is 0 Å². The second kappa shape index (κ2) is 7.67. The minimum atomic E-state index is -0.199. The summed E-state index contributed by atoms with van der Waals surface area (Å²) in [4.78, 5) is 34.8. The molecule has 0 unspecified atom stereocenters. The number of hydrogen-bond donors (Lipinski definition) is 1. The highest BCUT2D eigenvalue weighted by Gasteiger charge is 2.22. The van der Waals surface area contributed by atoms with Gasteiger partial charge in [0.1, 0.15) is 11.5 Å². The third-order valence-electron chi connectivity index (χ3n) is 3.76. The van der Waals surface area contributed by atoms with Crippen LogP contribution in [0.5, 0.6) is 0 Å². The Morgan fingerprint density at radius 3 is 2.28 bits per heavy atom. The van der Waals surface area contributed by atoms with Crippen LogP contribution in [0.25, 0.3) is 0 Å². The molecule has 0 atom stereocenters. The van der Waals surface area contributed by atoms with Crippen molar-refractivity contribution in [3.05, 3.63) is 46.3 Å². The largest absolute Gasteiger partial charge is 0.342 e. The molecule has 0 bridgehead atoms. The number of rotatable bonds is 4. The van der Waals surface area contributed by atoms with E-state index in [4.69, 9.17) is 23.2 Å². The molecule has 1 aromatic heterocycles. The fourth-order valence-electron chi connectivity index (χ4n) is 2.47. The first-order chi connectivity index (χ1) is 12.0. The fraction of sp³-hybridized carbons (Fsp3) is 0.250. The molecule has 3 rings (SSSR count).